The summed E-state index contributed by atoms with van der Waals surface area (Å²) >= 11 is 0. The standard InChI is InChI=1S/C35H43NO6/c1-5-15-29-31(36-34(37)42-35(2,3)4)33(40-24-28-20-13-8-14-21-28)32(39-23-27-18-11-7-12-19-27)30(41-29)25-38-22-26-16-9-6-10-17-26/h5-14,16-21,29-33H,1,15,22-25H2,2-4H3,(H,36,37)/t29-,30?,31?,32+,33-/m0/s1. The van der Waals surface area contributed by atoms with Crippen LogP contribution in [0.3, 0.4) is 0 Å². The molecule has 42 heavy (non-hydrogen) atoms. The first kappa shape index (κ1) is 31.4. The van der Waals surface area contributed by atoms with Crippen molar-refractivity contribution in [3.05, 3.63) is 120 Å². The number of carbonyl (C=O) groups excluding carboxylic acids is 1. The monoisotopic (exact) mass is 573 g/mol. The van der Waals surface area contributed by atoms with Crippen molar-refractivity contribution in [3.63, 3.8) is 0 Å². The van der Waals surface area contributed by atoms with Crippen LogP contribution in [0.1, 0.15) is 43.9 Å². The number of hydrogen-bond donors (Lipinski definition) is 1. The Morgan fingerprint density at radius 1 is 0.786 bits per heavy atom. The molecule has 3 aromatic carbocycles. The quantitative estimate of drug-likeness (QED) is 0.232. The highest BCUT2D eigenvalue weighted by molar-refractivity contribution is 5.68. The maximum Gasteiger partial charge on any atom is 0.408 e. The lowest BCUT2D eigenvalue weighted by atomic mass is 9.90. The second-order valence-corrected chi connectivity index (χ2v) is 11.4. The summed E-state index contributed by atoms with van der Waals surface area (Å²) < 4.78 is 31.6. The third-order valence-corrected chi connectivity index (χ3v) is 6.84. The van der Waals surface area contributed by atoms with Gasteiger partial charge in [0.2, 0.25) is 0 Å². The molecule has 1 fully saturated rings. The van der Waals surface area contributed by atoms with Crippen LogP contribution in [0, 0.1) is 0 Å². The van der Waals surface area contributed by atoms with Crippen molar-refractivity contribution >= 4 is 6.09 Å². The van der Waals surface area contributed by atoms with E-state index < -0.39 is 42.2 Å². The third-order valence-electron chi connectivity index (χ3n) is 6.84. The van der Waals surface area contributed by atoms with Gasteiger partial charge in [-0.15, -0.1) is 6.58 Å². The fourth-order valence-corrected chi connectivity index (χ4v) is 4.93. The van der Waals surface area contributed by atoms with E-state index in [1.807, 2.05) is 112 Å². The van der Waals surface area contributed by atoms with Crippen molar-refractivity contribution in [1.29, 1.82) is 0 Å². The van der Waals surface area contributed by atoms with Gasteiger partial charge in [-0.05, 0) is 43.9 Å². The number of carbonyl (C=O) groups is 1. The Labute approximate surface area is 249 Å². The molecule has 0 aromatic heterocycles. The molecule has 4 rings (SSSR count). The highest BCUT2D eigenvalue weighted by atomic mass is 16.6. The van der Waals surface area contributed by atoms with Crippen LogP contribution in [0.2, 0.25) is 0 Å². The summed E-state index contributed by atoms with van der Waals surface area (Å²) in [5.41, 5.74) is 2.44. The number of ether oxygens (including phenoxy) is 5. The van der Waals surface area contributed by atoms with Gasteiger partial charge in [-0.2, -0.15) is 0 Å². The molecule has 0 radical (unpaired) electrons. The number of amides is 1. The lowest BCUT2D eigenvalue weighted by molar-refractivity contribution is -0.231. The maximum atomic E-state index is 13.1. The van der Waals surface area contributed by atoms with E-state index in [1.54, 1.807) is 6.08 Å². The molecule has 0 bridgehead atoms. The molecule has 1 N–H and O–H groups in total. The van der Waals surface area contributed by atoms with Gasteiger partial charge in [0, 0.05) is 0 Å². The maximum absolute atomic E-state index is 13.1. The first-order valence-electron chi connectivity index (χ1n) is 14.5. The predicted octanol–water partition coefficient (Wildman–Crippen LogP) is 6.61. The molecule has 0 aliphatic carbocycles. The zero-order valence-electron chi connectivity index (χ0n) is 24.8. The second-order valence-electron chi connectivity index (χ2n) is 11.4. The van der Waals surface area contributed by atoms with Crippen LogP contribution in [0.4, 0.5) is 4.79 Å². The summed E-state index contributed by atoms with van der Waals surface area (Å²) in [5.74, 6) is 0. The Balaban J connectivity index is 1.62. The van der Waals surface area contributed by atoms with Crippen molar-refractivity contribution in [2.24, 2.45) is 0 Å². The van der Waals surface area contributed by atoms with Gasteiger partial charge < -0.3 is 29.0 Å². The highest BCUT2D eigenvalue weighted by Crippen LogP contribution is 2.30. The number of rotatable bonds is 13. The normalized spacial score (nSPS) is 22.3. The number of hydrogen-bond acceptors (Lipinski definition) is 6. The summed E-state index contributed by atoms with van der Waals surface area (Å²) in [4.78, 5) is 13.1. The fraction of sp³-hybridized carbons (Fsp3) is 0.400. The summed E-state index contributed by atoms with van der Waals surface area (Å²) in [7, 11) is 0. The molecule has 3 aromatic rings. The Hall–Kier alpha value is -3.49. The molecule has 7 nitrogen and oxygen atoms in total. The summed E-state index contributed by atoms with van der Waals surface area (Å²) in [6.07, 6.45) is -0.269. The molecule has 1 heterocycles. The van der Waals surface area contributed by atoms with Crippen molar-refractivity contribution < 1.29 is 28.5 Å². The van der Waals surface area contributed by atoms with E-state index in [4.69, 9.17) is 23.7 Å². The lowest BCUT2D eigenvalue weighted by Gasteiger charge is -2.46. The van der Waals surface area contributed by atoms with Gasteiger partial charge in [-0.1, -0.05) is 97.1 Å². The van der Waals surface area contributed by atoms with Gasteiger partial charge in [-0.25, -0.2) is 4.79 Å². The fourth-order valence-electron chi connectivity index (χ4n) is 4.93. The van der Waals surface area contributed by atoms with E-state index >= 15 is 0 Å². The minimum absolute atomic E-state index is 0.284. The van der Waals surface area contributed by atoms with Crippen molar-refractivity contribution in [3.8, 4) is 0 Å². The summed E-state index contributed by atoms with van der Waals surface area (Å²) in [6.45, 7) is 10.8. The van der Waals surface area contributed by atoms with Gasteiger partial charge in [-0.3, -0.25) is 0 Å². The zero-order valence-corrected chi connectivity index (χ0v) is 24.8. The van der Waals surface area contributed by atoms with Crippen LogP contribution < -0.4 is 5.32 Å². The van der Waals surface area contributed by atoms with Crippen LogP contribution >= 0.6 is 0 Å². The molecule has 7 heteroatoms. The summed E-state index contributed by atoms with van der Waals surface area (Å²) in [6, 6.07) is 29.3. The Kier molecular flexibility index (Phi) is 11.7. The first-order valence-corrected chi connectivity index (χ1v) is 14.5. The van der Waals surface area contributed by atoms with E-state index in [0.29, 0.717) is 26.2 Å². The SMILES string of the molecule is C=CC[C@@H]1OC(COCc2ccccc2)[C@@H](OCc2ccccc2)[C@@H](OCc2ccccc2)C1NC(=O)OC(C)(C)C. The molecule has 224 valence electrons. The van der Waals surface area contributed by atoms with E-state index in [2.05, 4.69) is 11.9 Å². The first-order chi connectivity index (χ1) is 20.3. The zero-order chi connectivity index (χ0) is 29.8. The lowest BCUT2D eigenvalue weighted by Crippen LogP contribution is -2.65. The Morgan fingerprint density at radius 3 is 1.79 bits per heavy atom. The molecule has 1 amide bonds. The van der Waals surface area contributed by atoms with Gasteiger partial charge in [0.15, 0.2) is 0 Å². The number of nitrogens with one attached hydrogen (secondary N) is 1. The van der Waals surface area contributed by atoms with Crippen LogP contribution in [0.15, 0.2) is 104 Å². The molecule has 2 unspecified atom stereocenters. The highest BCUT2D eigenvalue weighted by Gasteiger charge is 2.48. The minimum atomic E-state index is -0.662. The van der Waals surface area contributed by atoms with Gasteiger partial charge >= 0.3 is 6.09 Å². The predicted molar refractivity (Wildman–Crippen MR) is 163 cm³/mol. The van der Waals surface area contributed by atoms with Crippen molar-refractivity contribution in [2.45, 2.75) is 83.1 Å². The molecule has 5 atom stereocenters. The van der Waals surface area contributed by atoms with Crippen LogP contribution in [-0.2, 0) is 43.5 Å². The van der Waals surface area contributed by atoms with Crippen molar-refractivity contribution in [2.75, 3.05) is 6.61 Å². The van der Waals surface area contributed by atoms with Gasteiger partial charge in [0.1, 0.15) is 23.9 Å². The molecular formula is C35H43NO6. The Bertz CT molecular complexity index is 1210. The van der Waals surface area contributed by atoms with Crippen LogP contribution in [0.25, 0.3) is 0 Å². The van der Waals surface area contributed by atoms with E-state index in [-0.39, 0.29) is 6.61 Å². The van der Waals surface area contributed by atoms with Gasteiger partial charge in [0.05, 0.1) is 38.6 Å². The largest absolute Gasteiger partial charge is 0.444 e. The summed E-state index contributed by atoms with van der Waals surface area (Å²) in [5, 5.41) is 3.05. The average Bonchev–Trinajstić information content (AvgIpc) is 2.97. The number of benzene rings is 3. The number of alkyl carbamates (subject to hydrolysis) is 1. The molecular weight excluding hydrogens is 530 g/mol. The second kappa shape index (κ2) is 15.7. The van der Waals surface area contributed by atoms with E-state index in [1.165, 1.54) is 0 Å². The molecule has 1 saturated heterocycles. The van der Waals surface area contributed by atoms with Gasteiger partial charge in [0.25, 0.3) is 0 Å². The topological polar surface area (TPSA) is 75.3 Å². The molecule has 1 aliphatic heterocycles. The molecule has 1 aliphatic rings. The molecule has 0 spiro atoms. The third kappa shape index (κ3) is 9.81. The smallest absolute Gasteiger partial charge is 0.408 e. The Morgan fingerprint density at radius 2 is 1.29 bits per heavy atom. The van der Waals surface area contributed by atoms with E-state index in [0.717, 1.165) is 16.7 Å². The molecule has 0 saturated carbocycles. The van der Waals surface area contributed by atoms with Crippen molar-refractivity contribution in [1.82, 2.24) is 5.32 Å². The van der Waals surface area contributed by atoms with Crippen LogP contribution in [0.5, 0.6) is 0 Å². The average molecular weight is 574 g/mol. The van der Waals surface area contributed by atoms with Crippen LogP contribution in [-0.4, -0.2) is 48.8 Å². The van der Waals surface area contributed by atoms with E-state index in [9.17, 15) is 4.79 Å². The minimum Gasteiger partial charge on any atom is -0.444 e.